The summed E-state index contributed by atoms with van der Waals surface area (Å²) in [4.78, 5) is 38.0. The second-order valence-electron chi connectivity index (χ2n) is 7.57. The first-order valence-electron chi connectivity index (χ1n) is 10.3. The molecule has 10 heteroatoms. The van der Waals surface area contributed by atoms with Crippen LogP contribution in [0, 0.1) is 0 Å². The van der Waals surface area contributed by atoms with Crippen molar-refractivity contribution in [3.8, 4) is 22.4 Å². The van der Waals surface area contributed by atoms with E-state index in [9.17, 15) is 9.36 Å². The van der Waals surface area contributed by atoms with E-state index in [4.69, 9.17) is 14.8 Å². The lowest BCUT2D eigenvalue weighted by molar-refractivity contribution is -0.695. The largest absolute Gasteiger partial charge is 0.331 e. The predicted octanol–water partition coefficient (Wildman–Crippen LogP) is 3.07. The van der Waals surface area contributed by atoms with Crippen LogP contribution >= 0.6 is 23.5 Å². The van der Waals surface area contributed by atoms with Gasteiger partial charge in [-0.25, -0.2) is 14.1 Å². The van der Waals surface area contributed by atoms with Crippen molar-refractivity contribution in [1.29, 1.82) is 0 Å². The molecule has 0 aliphatic heterocycles. The van der Waals surface area contributed by atoms with Crippen molar-refractivity contribution in [2.24, 2.45) is 0 Å². The first-order chi connectivity index (χ1) is 15.8. The quantitative estimate of drug-likeness (QED) is 0.207. The third-order valence-corrected chi connectivity index (χ3v) is 6.55. The number of aldehydes is 1. The predicted molar refractivity (Wildman–Crippen MR) is 126 cm³/mol. The summed E-state index contributed by atoms with van der Waals surface area (Å²) in [5, 5.41) is 0. The number of benzene rings is 1. The summed E-state index contributed by atoms with van der Waals surface area (Å²) < 4.78 is 15.6. The number of rotatable bonds is 8. The fraction of sp³-hybridized carbons (Fsp3) is 0.174. The van der Waals surface area contributed by atoms with Gasteiger partial charge in [-0.05, 0) is 39.2 Å². The number of aromatic nitrogens is 4. The molecular formula is C23H22BrN4O4P+2. The van der Waals surface area contributed by atoms with Gasteiger partial charge >= 0.3 is 7.60 Å². The maximum Gasteiger partial charge on any atom is 0.331 e. The molecule has 2 N–H and O–H groups in total. The Labute approximate surface area is 198 Å². The molecule has 0 aliphatic carbocycles. The lowest BCUT2D eigenvalue weighted by Crippen LogP contribution is -2.34. The van der Waals surface area contributed by atoms with Crippen LogP contribution in [0.5, 0.6) is 0 Å². The molecule has 0 saturated carbocycles. The van der Waals surface area contributed by atoms with Crippen LogP contribution in [0.4, 0.5) is 0 Å². The van der Waals surface area contributed by atoms with Gasteiger partial charge in [-0.3, -0.25) is 9.55 Å². The molecule has 0 bridgehead atoms. The van der Waals surface area contributed by atoms with Gasteiger partial charge in [0.05, 0.1) is 23.8 Å². The van der Waals surface area contributed by atoms with E-state index in [0.717, 1.165) is 38.5 Å². The fourth-order valence-corrected chi connectivity index (χ4v) is 4.43. The van der Waals surface area contributed by atoms with Gasteiger partial charge < -0.3 is 14.6 Å². The van der Waals surface area contributed by atoms with Crippen LogP contribution in [-0.4, -0.2) is 32.2 Å². The number of carbonyl (C=O) groups excluding carboxylic acids is 1. The van der Waals surface area contributed by atoms with E-state index in [1.807, 2.05) is 53.4 Å². The number of carbonyl (C=O) groups is 1. The number of halogens is 1. The molecule has 3 aromatic heterocycles. The summed E-state index contributed by atoms with van der Waals surface area (Å²) in [7, 11) is -4.03. The molecule has 0 radical (unpaired) electrons. The monoisotopic (exact) mass is 528 g/mol. The minimum absolute atomic E-state index is 0.206. The summed E-state index contributed by atoms with van der Waals surface area (Å²) in [6.07, 6.45) is 10.3. The molecule has 3 heterocycles. The summed E-state index contributed by atoms with van der Waals surface area (Å²) in [6, 6.07) is 11.7. The van der Waals surface area contributed by atoms with Gasteiger partial charge in [0.15, 0.2) is 37.9 Å². The lowest BCUT2D eigenvalue weighted by atomic mass is 10.1. The third-order valence-electron chi connectivity index (χ3n) is 5.17. The smallest absolute Gasteiger partial charge is 0.324 e. The molecule has 0 amide bonds. The minimum atomic E-state index is -4.03. The summed E-state index contributed by atoms with van der Waals surface area (Å²) in [6.45, 7) is 0.890. The van der Waals surface area contributed by atoms with Gasteiger partial charge in [-0.2, -0.15) is 0 Å². The topological polar surface area (TPSA) is 108 Å². The number of aryl methyl sites for hydroxylation is 2. The second kappa shape index (κ2) is 9.97. The van der Waals surface area contributed by atoms with Gasteiger partial charge in [-0.15, -0.1) is 0 Å². The molecule has 4 aromatic rings. The highest BCUT2D eigenvalue weighted by atomic mass is 79.9. The molecule has 0 saturated heterocycles. The molecule has 0 atom stereocenters. The van der Waals surface area contributed by atoms with E-state index in [-0.39, 0.29) is 12.7 Å². The Morgan fingerprint density at radius 3 is 2.21 bits per heavy atom. The molecule has 1 aromatic carbocycles. The van der Waals surface area contributed by atoms with Crippen molar-refractivity contribution >= 4 is 40.8 Å². The third kappa shape index (κ3) is 5.94. The maximum absolute atomic E-state index is 11.1. The Hall–Kier alpha value is -2.84. The number of nitrogens with zero attached hydrogens (tertiary/aromatic N) is 4. The standard InChI is InChI=1S/C23H20BrN4O4P/c24-20-14-19(17-2-7-27(8-3-17)6-1-12-29)15-21-23(20)26-22(16-25-21)18-4-9-28(10-5-18)11-13-33(30,31)32/h2-5,7-10,12,14-16H,1,6,11,13H2/p+2. The highest BCUT2D eigenvalue weighted by Crippen LogP contribution is 2.33. The Bertz CT molecular complexity index is 1340. The lowest BCUT2D eigenvalue weighted by Gasteiger charge is -2.07. The molecule has 4 rings (SSSR count). The Kier molecular flexibility index (Phi) is 7.05. The summed E-state index contributed by atoms with van der Waals surface area (Å²) in [5.74, 6) is 0. The van der Waals surface area contributed by atoms with Crippen molar-refractivity contribution in [1.82, 2.24) is 9.97 Å². The number of pyridine rings is 2. The van der Waals surface area contributed by atoms with E-state index in [1.54, 1.807) is 23.2 Å². The van der Waals surface area contributed by atoms with Crippen molar-refractivity contribution in [2.75, 3.05) is 6.16 Å². The molecular weight excluding hydrogens is 507 g/mol. The highest BCUT2D eigenvalue weighted by molar-refractivity contribution is 9.10. The molecule has 0 fully saturated rings. The Morgan fingerprint density at radius 2 is 1.58 bits per heavy atom. The summed E-state index contributed by atoms with van der Waals surface area (Å²) >= 11 is 3.63. The number of hydrogen-bond donors (Lipinski definition) is 2. The average Bonchev–Trinajstić information content (AvgIpc) is 2.81. The zero-order valence-corrected chi connectivity index (χ0v) is 20.1. The Balaban J connectivity index is 1.58. The normalized spacial score (nSPS) is 11.6. The van der Waals surface area contributed by atoms with Crippen molar-refractivity contribution in [3.63, 3.8) is 0 Å². The van der Waals surface area contributed by atoms with Crippen LogP contribution < -0.4 is 9.13 Å². The van der Waals surface area contributed by atoms with Gasteiger partial charge in [0, 0.05) is 34.3 Å². The summed E-state index contributed by atoms with van der Waals surface area (Å²) in [5.41, 5.74) is 5.10. The van der Waals surface area contributed by atoms with E-state index in [1.165, 1.54) is 0 Å². The molecule has 0 spiro atoms. The SMILES string of the molecule is O=CCC[n+]1ccc(-c2cc(Br)c3nc(-c4cc[n+](CCP(=O)(O)O)cc4)cnc3c2)cc1. The Morgan fingerprint density at radius 1 is 0.939 bits per heavy atom. The van der Waals surface area contributed by atoms with E-state index >= 15 is 0 Å². The molecule has 0 unspecified atom stereocenters. The molecule has 0 aliphatic rings. The van der Waals surface area contributed by atoms with Crippen LogP contribution in [-0.2, 0) is 22.4 Å². The van der Waals surface area contributed by atoms with E-state index in [0.29, 0.717) is 18.7 Å². The van der Waals surface area contributed by atoms with Crippen LogP contribution in [0.15, 0.2) is 71.9 Å². The van der Waals surface area contributed by atoms with Gasteiger partial charge in [0.25, 0.3) is 0 Å². The highest BCUT2D eigenvalue weighted by Gasteiger charge is 2.16. The maximum atomic E-state index is 11.1. The number of hydrogen-bond acceptors (Lipinski definition) is 4. The fourth-order valence-electron chi connectivity index (χ4n) is 3.40. The molecule has 33 heavy (non-hydrogen) atoms. The van der Waals surface area contributed by atoms with Crippen LogP contribution in [0.1, 0.15) is 6.42 Å². The van der Waals surface area contributed by atoms with E-state index in [2.05, 4.69) is 20.9 Å². The molecule has 168 valence electrons. The molecule has 8 nitrogen and oxygen atoms in total. The average molecular weight is 529 g/mol. The zero-order chi connectivity index (χ0) is 23.4. The van der Waals surface area contributed by atoms with Crippen molar-refractivity contribution in [3.05, 3.63) is 71.9 Å². The van der Waals surface area contributed by atoms with Gasteiger partial charge in [0.1, 0.15) is 18.0 Å². The first-order valence-corrected chi connectivity index (χ1v) is 12.8. The van der Waals surface area contributed by atoms with Crippen LogP contribution in [0.25, 0.3) is 33.4 Å². The van der Waals surface area contributed by atoms with Crippen molar-refractivity contribution < 1.29 is 28.3 Å². The number of fused-ring (bicyclic) bond motifs is 1. The van der Waals surface area contributed by atoms with Crippen LogP contribution in [0.3, 0.4) is 0 Å². The zero-order valence-electron chi connectivity index (χ0n) is 17.6. The van der Waals surface area contributed by atoms with Gasteiger partial charge in [-0.1, -0.05) is 0 Å². The minimum Gasteiger partial charge on any atom is -0.324 e. The van der Waals surface area contributed by atoms with Crippen molar-refractivity contribution in [2.45, 2.75) is 19.5 Å². The van der Waals surface area contributed by atoms with E-state index < -0.39 is 7.60 Å². The van der Waals surface area contributed by atoms with Gasteiger partial charge in [0.2, 0.25) is 0 Å². The first kappa shape index (κ1) is 23.3. The van der Waals surface area contributed by atoms with Crippen LogP contribution in [0.2, 0.25) is 0 Å². The second-order valence-corrected chi connectivity index (χ2v) is 10.2.